The van der Waals surface area contributed by atoms with Gasteiger partial charge in [0.2, 0.25) is 0 Å². The lowest BCUT2D eigenvalue weighted by molar-refractivity contribution is -0.325. The van der Waals surface area contributed by atoms with Crippen molar-refractivity contribution >= 4 is 5.97 Å². The third kappa shape index (κ3) is 10.6. The van der Waals surface area contributed by atoms with Crippen LogP contribution >= 0.6 is 0 Å². The van der Waals surface area contributed by atoms with Crippen molar-refractivity contribution in [2.24, 2.45) is 5.41 Å². The molecule has 0 radical (unpaired) electrons. The zero-order chi connectivity index (χ0) is 14.2. The van der Waals surface area contributed by atoms with Gasteiger partial charge in [0.05, 0.1) is 0 Å². The Balaban J connectivity index is 3.55. The molecule has 0 saturated carbocycles. The van der Waals surface area contributed by atoms with Gasteiger partial charge in [-0.3, -0.25) is 4.89 Å². The molecule has 0 amide bonds. The fraction of sp³-hybridized carbons (Fsp3) is 0.933. The Kier molecular flexibility index (Phi) is 7.53. The molecular weight excluding hydrogens is 228 g/mol. The summed E-state index contributed by atoms with van der Waals surface area (Å²) in [5, 5.41) is 0. The lowest BCUT2D eigenvalue weighted by Gasteiger charge is -2.20. The summed E-state index contributed by atoms with van der Waals surface area (Å²) >= 11 is 0. The highest BCUT2D eigenvalue weighted by Crippen LogP contribution is 2.22. The largest absolute Gasteiger partial charge is 0.342 e. The zero-order valence-electron chi connectivity index (χ0n) is 13.0. The Bertz CT molecular complexity index is 239. The van der Waals surface area contributed by atoms with Gasteiger partial charge >= 0.3 is 5.97 Å². The van der Waals surface area contributed by atoms with Crippen LogP contribution in [0.15, 0.2) is 0 Å². The van der Waals surface area contributed by atoms with Crippen molar-refractivity contribution in [3.63, 3.8) is 0 Å². The lowest BCUT2D eigenvalue weighted by atomic mass is 9.89. The van der Waals surface area contributed by atoms with E-state index in [1.807, 2.05) is 20.8 Å². The summed E-state index contributed by atoms with van der Waals surface area (Å²) in [6.45, 7) is 12.5. The van der Waals surface area contributed by atoms with Crippen LogP contribution in [0.2, 0.25) is 0 Å². The fourth-order valence-electron chi connectivity index (χ4n) is 1.36. The molecule has 0 aliphatic carbocycles. The van der Waals surface area contributed by atoms with E-state index in [9.17, 15) is 4.79 Å². The van der Waals surface area contributed by atoms with Crippen LogP contribution in [0.5, 0.6) is 0 Å². The summed E-state index contributed by atoms with van der Waals surface area (Å²) in [5.74, 6) is -0.257. The Morgan fingerprint density at radius 2 is 1.61 bits per heavy atom. The van der Waals surface area contributed by atoms with Crippen molar-refractivity contribution in [2.45, 2.75) is 85.7 Å². The van der Waals surface area contributed by atoms with Gasteiger partial charge in [0.1, 0.15) is 5.60 Å². The highest BCUT2D eigenvalue weighted by molar-refractivity contribution is 5.68. The van der Waals surface area contributed by atoms with E-state index in [1.54, 1.807) is 0 Å². The van der Waals surface area contributed by atoms with Crippen molar-refractivity contribution < 1.29 is 14.6 Å². The van der Waals surface area contributed by atoms with Gasteiger partial charge in [-0.2, -0.15) is 4.89 Å². The number of hydrogen-bond acceptors (Lipinski definition) is 3. The Hall–Kier alpha value is -0.570. The van der Waals surface area contributed by atoms with Crippen molar-refractivity contribution in [1.29, 1.82) is 0 Å². The summed E-state index contributed by atoms with van der Waals surface area (Å²) in [4.78, 5) is 21.3. The van der Waals surface area contributed by atoms with Crippen LogP contribution in [0.25, 0.3) is 0 Å². The van der Waals surface area contributed by atoms with Crippen LogP contribution in [0, 0.1) is 5.41 Å². The minimum Gasteiger partial charge on any atom is -0.298 e. The molecule has 18 heavy (non-hydrogen) atoms. The highest BCUT2D eigenvalue weighted by Gasteiger charge is 2.19. The molecule has 0 bridgehead atoms. The maximum Gasteiger partial charge on any atom is 0.342 e. The van der Waals surface area contributed by atoms with Crippen LogP contribution in [-0.2, 0) is 14.6 Å². The van der Waals surface area contributed by atoms with Crippen LogP contribution < -0.4 is 0 Å². The first-order chi connectivity index (χ1) is 8.16. The Morgan fingerprint density at radius 3 is 2.11 bits per heavy atom. The number of rotatable bonds is 8. The molecule has 0 aliphatic heterocycles. The summed E-state index contributed by atoms with van der Waals surface area (Å²) in [5.41, 5.74) is -0.00331. The summed E-state index contributed by atoms with van der Waals surface area (Å²) in [6.07, 6.45) is 5.57. The quantitative estimate of drug-likeness (QED) is 0.361. The number of unbranched alkanes of at least 4 members (excludes halogenated alkanes) is 2. The van der Waals surface area contributed by atoms with Gasteiger partial charge in [-0.05, 0) is 38.5 Å². The molecule has 0 N–H and O–H groups in total. The molecule has 0 aromatic carbocycles. The average Bonchev–Trinajstić information content (AvgIpc) is 2.24. The van der Waals surface area contributed by atoms with Gasteiger partial charge in [0.25, 0.3) is 0 Å². The molecule has 3 nitrogen and oxygen atoms in total. The van der Waals surface area contributed by atoms with Gasteiger partial charge in [-0.1, -0.05) is 40.5 Å². The van der Waals surface area contributed by atoms with Crippen molar-refractivity contribution in [1.82, 2.24) is 0 Å². The highest BCUT2D eigenvalue weighted by atomic mass is 17.2. The van der Waals surface area contributed by atoms with Crippen LogP contribution in [0.4, 0.5) is 0 Å². The predicted molar refractivity (Wildman–Crippen MR) is 74.1 cm³/mol. The van der Waals surface area contributed by atoms with Crippen molar-refractivity contribution in [3.05, 3.63) is 0 Å². The molecule has 3 heteroatoms. The standard InChI is InChI=1S/C15H30O3/c1-7-15(5,6)18-17-13(16)11-9-8-10-12-14(2,3)4/h7-12H2,1-6H3. The molecule has 0 aromatic heterocycles. The monoisotopic (exact) mass is 258 g/mol. The first-order valence-corrected chi connectivity index (χ1v) is 7.05. The van der Waals surface area contributed by atoms with Gasteiger partial charge in [-0.25, -0.2) is 4.79 Å². The molecule has 0 saturated heterocycles. The average molecular weight is 258 g/mol. The SMILES string of the molecule is CCC(C)(C)OOC(=O)CCCCCC(C)(C)C. The van der Waals surface area contributed by atoms with Crippen molar-refractivity contribution in [3.8, 4) is 0 Å². The van der Waals surface area contributed by atoms with E-state index in [4.69, 9.17) is 9.78 Å². The second kappa shape index (κ2) is 7.78. The topological polar surface area (TPSA) is 35.5 Å². The molecule has 0 spiro atoms. The first kappa shape index (κ1) is 17.4. The Labute approximate surface area is 112 Å². The van der Waals surface area contributed by atoms with E-state index in [1.165, 1.54) is 6.42 Å². The molecular formula is C15H30O3. The number of hydrogen-bond donors (Lipinski definition) is 0. The van der Waals surface area contributed by atoms with Crippen LogP contribution in [0.3, 0.4) is 0 Å². The van der Waals surface area contributed by atoms with Gasteiger partial charge in [0, 0.05) is 6.42 Å². The second-order valence-electron chi connectivity index (χ2n) is 6.77. The molecule has 0 aliphatic rings. The molecule has 0 rings (SSSR count). The third-order valence-corrected chi connectivity index (χ3v) is 3.02. The lowest BCUT2D eigenvalue weighted by Crippen LogP contribution is -2.25. The van der Waals surface area contributed by atoms with Crippen molar-refractivity contribution in [2.75, 3.05) is 0 Å². The smallest absolute Gasteiger partial charge is 0.298 e. The Morgan fingerprint density at radius 1 is 1.00 bits per heavy atom. The maximum absolute atomic E-state index is 11.4. The van der Waals surface area contributed by atoms with Gasteiger partial charge in [-0.15, -0.1) is 0 Å². The number of carbonyl (C=O) groups is 1. The summed E-state index contributed by atoms with van der Waals surface area (Å²) in [7, 11) is 0. The van der Waals surface area contributed by atoms with E-state index in [0.717, 1.165) is 25.7 Å². The first-order valence-electron chi connectivity index (χ1n) is 7.05. The zero-order valence-corrected chi connectivity index (χ0v) is 13.0. The fourth-order valence-corrected chi connectivity index (χ4v) is 1.36. The maximum atomic E-state index is 11.4. The van der Waals surface area contributed by atoms with Gasteiger partial charge < -0.3 is 0 Å². The molecule has 0 atom stereocenters. The third-order valence-electron chi connectivity index (χ3n) is 3.02. The van der Waals surface area contributed by atoms with E-state index in [0.29, 0.717) is 11.8 Å². The molecule has 0 fully saturated rings. The van der Waals surface area contributed by atoms with E-state index in [2.05, 4.69) is 20.8 Å². The van der Waals surface area contributed by atoms with E-state index >= 15 is 0 Å². The van der Waals surface area contributed by atoms with E-state index in [-0.39, 0.29) is 11.6 Å². The molecule has 0 unspecified atom stereocenters. The molecule has 0 aromatic rings. The van der Waals surface area contributed by atoms with Gasteiger partial charge in [0.15, 0.2) is 0 Å². The number of carbonyl (C=O) groups excluding carboxylic acids is 1. The second-order valence-corrected chi connectivity index (χ2v) is 6.77. The normalized spacial score (nSPS) is 12.6. The minimum absolute atomic E-state index is 0.257. The van der Waals surface area contributed by atoms with Crippen LogP contribution in [0.1, 0.15) is 80.1 Å². The molecule has 0 heterocycles. The summed E-state index contributed by atoms with van der Waals surface area (Å²) in [6, 6.07) is 0. The van der Waals surface area contributed by atoms with E-state index < -0.39 is 0 Å². The predicted octanol–water partition coefficient (Wildman–Crippen LogP) is 4.65. The van der Waals surface area contributed by atoms with Crippen LogP contribution in [-0.4, -0.2) is 11.6 Å². The summed E-state index contributed by atoms with van der Waals surface area (Å²) < 4.78 is 0. The molecule has 108 valence electrons. The minimum atomic E-state index is -0.387.